The molecule has 1 aliphatic heterocycles. The average Bonchev–Trinajstić information content (AvgIpc) is 2.95. The monoisotopic (exact) mass is 301 g/mol. The predicted octanol–water partition coefficient (Wildman–Crippen LogP) is 2.69. The van der Waals surface area contributed by atoms with Gasteiger partial charge in [0.05, 0.1) is 25.4 Å². The summed E-state index contributed by atoms with van der Waals surface area (Å²) >= 11 is 0. The molecule has 5 nitrogen and oxygen atoms in total. The third-order valence-corrected chi connectivity index (χ3v) is 4.52. The molecular weight excluding hydrogens is 278 g/mol. The molecule has 118 valence electrons. The number of carbonyl (C=O) groups excluding carboxylic acids is 1. The molecule has 0 spiro atoms. The predicted molar refractivity (Wildman–Crippen MR) is 85.9 cm³/mol. The molecular formula is C17H23N3O2. The summed E-state index contributed by atoms with van der Waals surface area (Å²) < 4.78 is 7.12. The highest BCUT2D eigenvalue weighted by atomic mass is 16.5. The Kier molecular flexibility index (Phi) is 4.32. The lowest BCUT2D eigenvalue weighted by atomic mass is 9.99. The van der Waals surface area contributed by atoms with Crippen molar-refractivity contribution in [2.45, 2.75) is 32.7 Å². The highest BCUT2D eigenvalue weighted by molar-refractivity contribution is 5.80. The number of aryl methyl sites for hydroxylation is 1. The zero-order valence-electron chi connectivity index (χ0n) is 13.3. The fourth-order valence-corrected chi connectivity index (χ4v) is 2.99. The molecule has 1 amide bonds. The van der Waals surface area contributed by atoms with Gasteiger partial charge >= 0.3 is 0 Å². The van der Waals surface area contributed by atoms with Crippen LogP contribution < -0.4 is 4.74 Å². The van der Waals surface area contributed by atoms with E-state index in [0.29, 0.717) is 13.0 Å². The van der Waals surface area contributed by atoms with Crippen LogP contribution in [0.3, 0.4) is 0 Å². The van der Waals surface area contributed by atoms with E-state index in [1.165, 1.54) is 0 Å². The van der Waals surface area contributed by atoms with Crippen LogP contribution in [-0.2, 0) is 11.3 Å². The first-order chi connectivity index (χ1) is 10.7. The molecule has 0 aliphatic carbocycles. The van der Waals surface area contributed by atoms with Crippen LogP contribution in [0.5, 0.6) is 5.75 Å². The zero-order valence-corrected chi connectivity index (χ0v) is 13.3. The Morgan fingerprint density at radius 2 is 2.14 bits per heavy atom. The van der Waals surface area contributed by atoms with E-state index in [0.717, 1.165) is 48.5 Å². The lowest BCUT2D eigenvalue weighted by Gasteiger charge is -2.30. The van der Waals surface area contributed by atoms with Gasteiger partial charge in [-0.15, -0.1) is 0 Å². The molecule has 1 aromatic carbocycles. The molecule has 0 bridgehead atoms. The Morgan fingerprint density at radius 3 is 2.86 bits per heavy atom. The Bertz CT molecular complexity index is 657. The van der Waals surface area contributed by atoms with Crippen molar-refractivity contribution in [3.05, 3.63) is 24.4 Å². The van der Waals surface area contributed by atoms with Gasteiger partial charge in [-0.1, -0.05) is 6.92 Å². The van der Waals surface area contributed by atoms with E-state index in [9.17, 15) is 4.79 Å². The summed E-state index contributed by atoms with van der Waals surface area (Å²) in [6, 6.07) is 5.88. The van der Waals surface area contributed by atoms with Crippen LogP contribution in [-0.4, -0.2) is 40.8 Å². The maximum atomic E-state index is 12.3. The Balaban J connectivity index is 1.63. The van der Waals surface area contributed by atoms with Crippen LogP contribution >= 0.6 is 0 Å². The molecule has 0 unspecified atom stereocenters. The van der Waals surface area contributed by atoms with Crippen LogP contribution in [0.25, 0.3) is 10.9 Å². The van der Waals surface area contributed by atoms with Gasteiger partial charge in [-0.25, -0.2) is 0 Å². The topological polar surface area (TPSA) is 47.4 Å². The van der Waals surface area contributed by atoms with E-state index < -0.39 is 0 Å². The van der Waals surface area contributed by atoms with Crippen molar-refractivity contribution < 1.29 is 9.53 Å². The number of methoxy groups -OCH3 is 1. The van der Waals surface area contributed by atoms with E-state index in [-0.39, 0.29) is 5.91 Å². The molecule has 2 aromatic rings. The average molecular weight is 301 g/mol. The van der Waals surface area contributed by atoms with Gasteiger partial charge in [0.25, 0.3) is 0 Å². The van der Waals surface area contributed by atoms with Crippen molar-refractivity contribution in [2.75, 3.05) is 20.2 Å². The van der Waals surface area contributed by atoms with Crippen LogP contribution in [0.15, 0.2) is 24.4 Å². The third kappa shape index (κ3) is 3.08. The minimum atomic E-state index is 0.240. The van der Waals surface area contributed by atoms with E-state index >= 15 is 0 Å². The number of amides is 1. The normalized spacial score (nSPS) is 16.2. The molecule has 5 heteroatoms. The number of hydrogen-bond acceptors (Lipinski definition) is 3. The largest absolute Gasteiger partial charge is 0.497 e. The van der Waals surface area contributed by atoms with Gasteiger partial charge in [-0.2, -0.15) is 5.10 Å². The summed E-state index contributed by atoms with van der Waals surface area (Å²) in [5.74, 6) is 1.81. The quantitative estimate of drug-likeness (QED) is 0.872. The number of likely N-dealkylation sites (tertiary alicyclic amines) is 1. The summed E-state index contributed by atoms with van der Waals surface area (Å²) in [6.45, 7) is 4.68. The molecule has 1 aliphatic rings. The van der Waals surface area contributed by atoms with Crippen molar-refractivity contribution in [3.63, 3.8) is 0 Å². The van der Waals surface area contributed by atoms with Crippen molar-refractivity contribution in [1.29, 1.82) is 0 Å². The number of nitrogens with zero attached hydrogens (tertiary/aromatic N) is 3. The first-order valence-corrected chi connectivity index (χ1v) is 7.94. The highest BCUT2D eigenvalue weighted by Crippen LogP contribution is 2.21. The summed E-state index contributed by atoms with van der Waals surface area (Å²) in [4.78, 5) is 14.3. The Labute approximate surface area is 130 Å². The van der Waals surface area contributed by atoms with Crippen molar-refractivity contribution in [2.24, 2.45) is 5.92 Å². The summed E-state index contributed by atoms with van der Waals surface area (Å²) in [5, 5.41) is 5.43. The molecule has 1 aromatic heterocycles. The third-order valence-electron chi connectivity index (χ3n) is 4.52. The Morgan fingerprint density at radius 1 is 1.36 bits per heavy atom. The minimum Gasteiger partial charge on any atom is -0.497 e. The van der Waals surface area contributed by atoms with Crippen molar-refractivity contribution in [3.8, 4) is 5.75 Å². The Hall–Kier alpha value is -2.04. The van der Waals surface area contributed by atoms with E-state index in [1.54, 1.807) is 7.11 Å². The smallest absolute Gasteiger partial charge is 0.224 e. The number of carbonyl (C=O) groups is 1. The first kappa shape index (κ1) is 14.9. The fraction of sp³-hybridized carbons (Fsp3) is 0.529. The number of rotatable bonds is 4. The van der Waals surface area contributed by atoms with E-state index in [4.69, 9.17) is 4.74 Å². The fourth-order valence-electron chi connectivity index (χ4n) is 2.99. The van der Waals surface area contributed by atoms with Crippen LogP contribution in [0.1, 0.15) is 26.2 Å². The van der Waals surface area contributed by atoms with Crippen LogP contribution in [0, 0.1) is 5.92 Å². The summed E-state index contributed by atoms with van der Waals surface area (Å²) in [5.41, 5.74) is 1.04. The molecule has 1 saturated heterocycles. The van der Waals surface area contributed by atoms with Gasteiger partial charge < -0.3 is 9.64 Å². The lowest BCUT2D eigenvalue weighted by molar-refractivity contribution is -0.132. The molecule has 3 rings (SSSR count). The van der Waals surface area contributed by atoms with Crippen LogP contribution in [0.2, 0.25) is 0 Å². The maximum absolute atomic E-state index is 12.3. The lowest BCUT2D eigenvalue weighted by Crippen LogP contribution is -2.38. The molecule has 0 radical (unpaired) electrons. The maximum Gasteiger partial charge on any atom is 0.224 e. The van der Waals surface area contributed by atoms with E-state index in [1.807, 2.05) is 34.0 Å². The molecule has 1 fully saturated rings. The van der Waals surface area contributed by atoms with Crippen LogP contribution in [0.4, 0.5) is 0 Å². The second-order valence-corrected chi connectivity index (χ2v) is 6.11. The SMILES string of the molecule is COc1ccc2c(cnn2CCC(=O)N2CCC(C)CC2)c1. The second kappa shape index (κ2) is 6.38. The number of hydrogen-bond donors (Lipinski definition) is 0. The van der Waals surface area contributed by atoms with Gasteiger partial charge in [0, 0.05) is 24.9 Å². The number of ether oxygens (including phenoxy) is 1. The van der Waals surface area contributed by atoms with Gasteiger partial charge in [-0.05, 0) is 37.0 Å². The number of piperidine rings is 1. The standard InChI is InChI=1S/C17H23N3O2/c1-13-5-8-19(9-6-13)17(21)7-10-20-16-4-3-15(22-2)11-14(16)12-18-20/h3-4,11-13H,5-10H2,1-2H3. The number of aromatic nitrogens is 2. The summed E-state index contributed by atoms with van der Waals surface area (Å²) in [7, 11) is 1.66. The van der Waals surface area contributed by atoms with Gasteiger partial charge in [0.2, 0.25) is 5.91 Å². The number of benzene rings is 1. The van der Waals surface area contributed by atoms with Gasteiger partial charge in [-0.3, -0.25) is 9.48 Å². The molecule has 0 saturated carbocycles. The van der Waals surface area contributed by atoms with Crippen molar-refractivity contribution in [1.82, 2.24) is 14.7 Å². The zero-order chi connectivity index (χ0) is 15.5. The summed E-state index contributed by atoms with van der Waals surface area (Å²) in [6.07, 6.45) is 4.58. The highest BCUT2D eigenvalue weighted by Gasteiger charge is 2.20. The van der Waals surface area contributed by atoms with Crippen molar-refractivity contribution >= 4 is 16.8 Å². The molecule has 0 atom stereocenters. The number of fused-ring (bicyclic) bond motifs is 1. The second-order valence-electron chi connectivity index (χ2n) is 6.11. The van der Waals surface area contributed by atoms with Gasteiger partial charge in [0.15, 0.2) is 0 Å². The van der Waals surface area contributed by atoms with Gasteiger partial charge in [0.1, 0.15) is 5.75 Å². The molecule has 0 N–H and O–H groups in total. The molecule has 2 heterocycles. The van der Waals surface area contributed by atoms with E-state index in [2.05, 4.69) is 12.0 Å². The minimum absolute atomic E-state index is 0.240. The first-order valence-electron chi connectivity index (χ1n) is 7.94. The molecule has 22 heavy (non-hydrogen) atoms.